The normalized spacial score (nSPS) is 15.3. The van der Waals surface area contributed by atoms with Gasteiger partial charge in [0.15, 0.2) is 0 Å². The largest absolute Gasteiger partial charge is 0.474 e. The summed E-state index contributed by atoms with van der Waals surface area (Å²) in [5, 5.41) is 3.92. The Morgan fingerprint density at radius 1 is 1.32 bits per heavy atom. The highest BCUT2D eigenvalue weighted by Crippen LogP contribution is 2.27. The average Bonchev–Trinajstić information content (AvgIpc) is 3.25. The first kappa shape index (κ1) is 17.9. The van der Waals surface area contributed by atoms with E-state index in [1.54, 1.807) is 12.4 Å². The number of aromatic nitrogens is 2. The highest BCUT2D eigenvalue weighted by molar-refractivity contribution is 7.13. The molecule has 0 unspecified atom stereocenters. The number of amides is 1. The maximum absolute atomic E-state index is 12.4. The van der Waals surface area contributed by atoms with Gasteiger partial charge >= 0.3 is 0 Å². The summed E-state index contributed by atoms with van der Waals surface area (Å²) >= 11 is 1.44. The number of carbonyl (C=O) groups is 1. The molecule has 1 saturated carbocycles. The standard InChI is InChI=1S/C19H25N3O2S/c1-19(2,3)18-22-12-15(25-18)16(23)21-11-13-7-6-10-20-17(13)24-14-8-4-5-9-14/h6-7,10,12,14H,4-5,8-9,11H2,1-3H3,(H,21,23). The van der Waals surface area contributed by atoms with Crippen LogP contribution in [0.5, 0.6) is 5.88 Å². The van der Waals surface area contributed by atoms with Crippen molar-refractivity contribution >= 4 is 17.2 Å². The predicted molar refractivity (Wildman–Crippen MR) is 99.1 cm³/mol. The molecule has 1 N–H and O–H groups in total. The van der Waals surface area contributed by atoms with E-state index < -0.39 is 0 Å². The molecule has 1 amide bonds. The highest BCUT2D eigenvalue weighted by Gasteiger charge is 2.21. The van der Waals surface area contributed by atoms with Crippen LogP contribution in [0.25, 0.3) is 0 Å². The molecular weight excluding hydrogens is 334 g/mol. The molecule has 2 aromatic rings. The lowest BCUT2D eigenvalue weighted by molar-refractivity contribution is 0.0954. The molecule has 0 aromatic carbocycles. The van der Waals surface area contributed by atoms with Crippen LogP contribution >= 0.6 is 11.3 Å². The van der Waals surface area contributed by atoms with Crippen molar-refractivity contribution in [2.75, 3.05) is 0 Å². The van der Waals surface area contributed by atoms with Crippen molar-refractivity contribution in [2.24, 2.45) is 0 Å². The van der Waals surface area contributed by atoms with E-state index in [2.05, 4.69) is 36.1 Å². The fourth-order valence-corrected chi connectivity index (χ4v) is 3.71. The number of nitrogens with zero attached hydrogens (tertiary/aromatic N) is 2. The average molecular weight is 359 g/mol. The van der Waals surface area contributed by atoms with Crippen LogP contribution < -0.4 is 10.1 Å². The van der Waals surface area contributed by atoms with Crippen molar-refractivity contribution in [3.05, 3.63) is 40.0 Å². The summed E-state index contributed by atoms with van der Waals surface area (Å²) in [5.74, 6) is 0.526. The third-order valence-corrected chi connectivity index (χ3v) is 5.66. The Morgan fingerprint density at radius 3 is 2.76 bits per heavy atom. The smallest absolute Gasteiger partial charge is 0.263 e. The number of thiazole rings is 1. The quantitative estimate of drug-likeness (QED) is 0.873. The molecule has 0 spiro atoms. The molecular formula is C19H25N3O2S. The van der Waals surface area contributed by atoms with E-state index in [1.807, 2.05) is 12.1 Å². The fraction of sp³-hybridized carbons (Fsp3) is 0.526. The highest BCUT2D eigenvalue weighted by atomic mass is 32.1. The van der Waals surface area contributed by atoms with Crippen LogP contribution in [0.1, 0.15) is 66.7 Å². The van der Waals surface area contributed by atoms with Gasteiger partial charge in [-0.25, -0.2) is 9.97 Å². The Labute approximate surface area is 152 Å². The van der Waals surface area contributed by atoms with Crippen molar-refractivity contribution in [3.63, 3.8) is 0 Å². The number of hydrogen-bond donors (Lipinski definition) is 1. The Morgan fingerprint density at radius 2 is 2.08 bits per heavy atom. The number of rotatable bonds is 5. The minimum atomic E-state index is -0.108. The van der Waals surface area contributed by atoms with Gasteiger partial charge in [-0.15, -0.1) is 11.3 Å². The van der Waals surface area contributed by atoms with Crippen molar-refractivity contribution < 1.29 is 9.53 Å². The van der Waals surface area contributed by atoms with Crippen molar-refractivity contribution in [2.45, 2.75) is 64.5 Å². The molecule has 1 aliphatic carbocycles. The second kappa shape index (κ2) is 7.52. The molecule has 0 bridgehead atoms. The number of pyridine rings is 1. The summed E-state index contributed by atoms with van der Waals surface area (Å²) in [6.45, 7) is 6.68. The van der Waals surface area contributed by atoms with E-state index in [1.165, 1.54) is 24.2 Å². The topological polar surface area (TPSA) is 64.1 Å². The van der Waals surface area contributed by atoms with Crippen LogP contribution in [0.2, 0.25) is 0 Å². The molecule has 1 aliphatic rings. The molecule has 5 nitrogen and oxygen atoms in total. The lowest BCUT2D eigenvalue weighted by Crippen LogP contribution is -2.23. The maximum Gasteiger partial charge on any atom is 0.263 e. The molecule has 0 atom stereocenters. The second-order valence-corrected chi connectivity index (χ2v) is 8.48. The number of nitrogens with one attached hydrogen (secondary N) is 1. The van der Waals surface area contributed by atoms with E-state index in [0.717, 1.165) is 23.4 Å². The van der Waals surface area contributed by atoms with Crippen LogP contribution in [-0.2, 0) is 12.0 Å². The van der Waals surface area contributed by atoms with Gasteiger partial charge < -0.3 is 10.1 Å². The van der Waals surface area contributed by atoms with Crippen LogP contribution in [0.4, 0.5) is 0 Å². The lowest BCUT2D eigenvalue weighted by Gasteiger charge is -2.15. The third-order valence-electron chi connectivity index (χ3n) is 4.24. The molecule has 0 saturated heterocycles. The van der Waals surface area contributed by atoms with Crippen LogP contribution in [0.15, 0.2) is 24.5 Å². The first-order chi connectivity index (χ1) is 11.9. The summed E-state index contributed by atoms with van der Waals surface area (Å²) in [7, 11) is 0. The third kappa shape index (κ3) is 4.57. The summed E-state index contributed by atoms with van der Waals surface area (Å²) < 4.78 is 6.02. The number of ether oxygens (including phenoxy) is 1. The first-order valence-electron chi connectivity index (χ1n) is 8.78. The molecule has 6 heteroatoms. The summed E-state index contributed by atoms with van der Waals surface area (Å²) in [5.41, 5.74) is 0.859. The fourth-order valence-electron chi connectivity index (χ4n) is 2.82. The van der Waals surface area contributed by atoms with Gasteiger partial charge in [-0.05, 0) is 31.7 Å². The van der Waals surface area contributed by atoms with Crippen LogP contribution in [0, 0.1) is 0 Å². The van der Waals surface area contributed by atoms with E-state index in [-0.39, 0.29) is 17.4 Å². The van der Waals surface area contributed by atoms with Gasteiger partial charge in [0.05, 0.1) is 11.2 Å². The van der Waals surface area contributed by atoms with Gasteiger partial charge in [-0.3, -0.25) is 4.79 Å². The van der Waals surface area contributed by atoms with Crippen molar-refractivity contribution in [1.29, 1.82) is 0 Å². The summed E-state index contributed by atoms with van der Waals surface area (Å²) in [4.78, 5) is 21.8. The summed E-state index contributed by atoms with van der Waals surface area (Å²) in [6, 6.07) is 3.82. The first-order valence-corrected chi connectivity index (χ1v) is 9.60. The SMILES string of the molecule is CC(C)(C)c1ncc(C(=O)NCc2cccnc2OC2CCCC2)s1. The van der Waals surface area contributed by atoms with E-state index >= 15 is 0 Å². The minimum Gasteiger partial charge on any atom is -0.474 e. The Bertz CT molecular complexity index is 730. The molecule has 0 aliphatic heterocycles. The predicted octanol–water partition coefficient (Wildman–Crippen LogP) is 4.09. The summed E-state index contributed by atoms with van der Waals surface area (Å²) in [6.07, 6.45) is 8.22. The monoisotopic (exact) mass is 359 g/mol. The molecule has 2 aromatic heterocycles. The zero-order valence-electron chi connectivity index (χ0n) is 15.0. The van der Waals surface area contributed by atoms with E-state index in [0.29, 0.717) is 17.3 Å². The Kier molecular flexibility index (Phi) is 5.37. The lowest BCUT2D eigenvalue weighted by atomic mass is 9.98. The van der Waals surface area contributed by atoms with Crippen LogP contribution in [0.3, 0.4) is 0 Å². The van der Waals surface area contributed by atoms with Gasteiger partial charge in [0, 0.05) is 23.7 Å². The van der Waals surface area contributed by atoms with Gasteiger partial charge in [-0.2, -0.15) is 0 Å². The zero-order chi connectivity index (χ0) is 17.9. The number of carbonyl (C=O) groups excluding carboxylic acids is 1. The van der Waals surface area contributed by atoms with E-state index in [9.17, 15) is 4.79 Å². The molecule has 3 rings (SSSR count). The zero-order valence-corrected chi connectivity index (χ0v) is 15.9. The molecule has 134 valence electrons. The van der Waals surface area contributed by atoms with Gasteiger partial charge in [-0.1, -0.05) is 26.8 Å². The molecule has 0 radical (unpaired) electrons. The van der Waals surface area contributed by atoms with Crippen molar-refractivity contribution in [1.82, 2.24) is 15.3 Å². The second-order valence-electron chi connectivity index (χ2n) is 7.45. The Balaban J connectivity index is 1.63. The van der Waals surface area contributed by atoms with Gasteiger partial charge in [0.25, 0.3) is 5.91 Å². The number of hydrogen-bond acceptors (Lipinski definition) is 5. The molecule has 25 heavy (non-hydrogen) atoms. The van der Waals surface area contributed by atoms with Crippen molar-refractivity contribution in [3.8, 4) is 5.88 Å². The Hall–Kier alpha value is -1.95. The van der Waals surface area contributed by atoms with Gasteiger partial charge in [0.1, 0.15) is 11.0 Å². The maximum atomic E-state index is 12.4. The molecule has 1 fully saturated rings. The minimum absolute atomic E-state index is 0.0468. The van der Waals surface area contributed by atoms with Gasteiger partial charge in [0.2, 0.25) is 5.88 Å². The molecule has 2 heterocycles. The van der Waals surface area contributed by atoms with E-state index in [4.69, 9.17) is 4.74 Å². The van der Waals surface area contributed by atoms with Crippen LogP contribution in [-0.4, -0.2) is 22.0 Å².